The van der Waals surface area contributed by atoms with Crippen LogP contribution in [0.2, 0.25) is 0 Å². The molecule has 0 aliphatic rings. The summed E-state index contributed by atoms with van der Waals surface area (Å²) in [6, 6.07) is 0. The van der Waals surface area contributed by atoms with Gasteiger partial charge in [0.1, 0.15) is 0 Å². The zero-order valence-electron chi connectivity index (χ0n) is 2.94. The Kier molecular flexibility index (Phi) is 7.59. The van der Waals surface area contributed by atoms with E-state index in [2.05, 4.69) is 4.28 Å². The average Bonchev–Trinajstić information content (AvgIpc) is 1.27. The molecule has 8 heteroatoms. The molecule has 0 fully saturated rings. The van der Waals surface area contributed by atoms with Gasteiger partial charge in [-0.3, -0.25) is 4.55 Å². The Hall–Kier alpha value is 0.310. The SMILES string of the molecule is O=[N+]([O-])OS(=O)O.[NaH]. The van der Waals surface area contributed by atoms with Crippen molar-refractivity contribution >= 4 is 40.9 Å². The number of hydrogen-bond donors (Lipinski definition) is 1. The molecule has 0 saturated heterocycles. The van der Waals surface area contributed by atoms with Gasteiger partial charge in [-0.15, -0.1) is 10.1 Å². The number of nitrogens with zero attached hydrogens (tertiary/aromatic N) is 1. The molecule has 0 aliphatic heterocycles. The van der Waals surface area contributed by atoms with Crippen molar-refractivity contribution in [2.75, 3.05) is 0 Å². The van der Waals surface area contributed by atoms with Gasteiger partial charge in [0.15, 0.2) is 0 Å². The van der Waals surface area contributed by atoms with Crippen molar-refractivity contribution in [2.24, 2.45) is 0 Å². The van der Waals surface area contributed by atoms with Gasteiger partial charge in [0.05, 0.1) is 0 Å². The second-order valence-electron chi connectivity index (χ2n) is 0.515. The molecule has 0 aromatic carbocycles. The molecule has 1 N–H and O–H groups in total. The summed E-state index contributed by atoms with van der Waals surface area (Å²) in [7, 11) is 0. The van der Waals surface area contributed by atoms with E-state index in [1.54, 1.807) is 0 Å². The van der Waals surface area contributed by atoms with E-state index in [4.69, 9.17) is 14.7 Å². The molecule has 8 heavy (non-hydrogen) atoms. The van der Waals surface area contributed by atoms with Gasteiger partial charge in [0.25, 0.3) is 0 Å². The minimum atomic E-state index is -2.79. The van der Waals surface area contributed by atoms with Crippen LogP contribution in [-0.4, -0.2) is 43.4 Å². The third-order valence-corrected chi connectivity index (χ3v) is 0.374. The molecule has 0 aromatic rings. The minimum absolute atomic E-state index is 0. The summed E-state index contributed by atoms with van der Waals surface area (Å²) in [5.41, 5.74) is 0. The number of hydrogen-bond acceptors (Lipinski definition) is 4. The van der Waals surface area contributed by atoms with Crippen molar-refractivity contribution in [3.05, 3.63) is 10.1 Å². The Morgan fingerprint density at radius 1 is 1.75 bits per heavy atom. The van der Waals surface area contributed by atoms with Crippen molar-refractivity contribution in [3.63, 3.8) is 0 Å². The van der Waals surface area contributed by atoms with E-state index in [0.29, 0.717) is 0 Å². The van der Waals surface area contributed by atoms with Crippen LogP contribution in [0, 0.1) is 10.1 Å². The maximum absolute atomic E-state index is 9.26. The van der Waals surface area contributed by atoms with Crippen LogP contribution in [0.25, 0.3) is 0 Å². The van der Waals surface area contributed by atoms with Crippen LogP contribution < -0.4 is 0 Å². The Labute approximate surface area is 69.1 Å². The summed E-state index contributed by atoms with van der Waals surface area (Å²) in [6.45, 7) is 0. The van der Waals surface area contributed by atoms with E-state index in [1.807, 2.05) is 0 Å². The van der Waals surface area contributed by atoms with Crippen LogP contribution >= 0.6 is 0 Å². The molecule has 6 nitrogen and oxygen atoms in total. The first-order chi connectivity index (χ1) is 3.13. The van der Waals surface area contributed by atoms with Gasteiger partial charge in [-0.25, -0.2) is 0 Å². The summed E-state index contributed by atoms with van der Waals surface area (Å²) in [5.74, 6) is 0. The zero-order chi connectivity index (χ0) is 5.86. The normalized spacial score (nSPS) is 11.1. The molecular formula is H2NNaO5S. The standard InChI is InChI=1S/HNO5S.Na.H/c2-1(3)6-7(4)5;;/h(H,4,5);;. The van der Waals surface area contributed by atoms with Gasteiger partial charge in [-0.2, -0.15) is 8.49 Å². The predicted molar refractivity (Wildman–Crippen MR) is 26.0 cm³/mol. The predicted octanol–water partition coefficient (Wildman–Crippen LogP) is -1.32. The molecule has 0 heterocycles. The first-order valence-corrected chi connectivity index (χ1v) is 2.10. The van der Waals surface area contributed by atoms with E-state index in [0.717, 1.165) is 0 Å². The van der Waals surface area contributed by atoms with Gasteiger partial charge in [0.2, 0.25) is 0 Å². The zero-order valence-corrected chi connectivity index (χ0v) is 3.75. The van der Waals surface area contributed by atoms with Gasteiger partial charge in [-0.1, -0.05) is 0 Å². The Bertz CT molecular complexity index is 88.6. The molecule has 1 atom stereocenters. The van der Waals surface area contributed by atoms with Crippen molar-refractivity contribution in [1.29, 1.82) is 0 Å². The maximum atomic E-state index is 9.26. The van der Waals surface area contributed by atoms with E-state index in [9.17, 15) is 4.21 Å². The van der Waals surface area contributed by atoms with Crippen LogP contribution in [0.3, 0.4) is 0 Å². The molecule has 1 unspecified atom stereocenters. The molecule has 44 valence electrons. The fraction of sp³-hybridized carbons (Fsp3) is 0. The van der Waals surface area contributed by atoms with E-state index >= 15 is 0 Å². The average molecular weight is 151 g/mol. The summed E-state index contributed by atoms with van der Waals surface area (Å²) in [5, 5.41) is 7.69. The third kappa shape index (κ3) is 9.58. The van der Waals surface area contributed by atoms with Gasteiger partial charge in [-0.05, 0) is 0 Å². The fourth-order valence-electron chi connectivity index (χ4n) is 0.0521. The monoisotopic (exact) mass is 151 g/mol. The molecule has 0 aromatic heterocycles. The van der Waals surface area contributed by atoms with Gasteiger partial charge < -0.3 is 0 Å². The summed E-state index contributed by atoms with van der Waals surface area (Å²) < 4.78 is 19.8. The van der Waals surface area contributed by atoms with Crippen molar-refractivity contribution < 1.29 is 18.1 Å². The first kappa shape index (κ1) is 11.2. The molecule has 0 radical (unpaired) electrons. The van der Waals surface area contributed by atoms with Gasteiger partial charge in [0, 0.05) is 0 Å². The quantitative estimate of drug-likeness (QED) is 0.229. The van der Waals surface area contributed by atoms with Crippen molar-refractivity contribution in [3.8, 4) is 0 Å². The summed E-state index contributed by atoms with van der Waals surface area (Å²) in [6.07, 6.45) is 0. The Morgan fingerprint density at radius 3 is 2.12 bits per heavy atom. The van der Waals surface area contributed by atoms with Crippen LogP contribution in [0.15, 0.2) is 0 Å². The summed E-state index contributed by atoms with van der Waals surface area (Å²) >= 11 is -2.79. The molecule has 0 amide bonds. The van der Waals surface area contributed by atoms with E-state index in [1.165, 1.54) is 0 Å². The van der Waals surface area contributed by atoms with E-state index < -0.39 is 16.4 Å². The molecule has 0 spiro atoms. The van der Waals surface area contributed by atoms with Crippen LogP contribution in [0.4, 0.5) is 0 Å². The molecule has 0 aliphatic carbocycles. The van der Waals surface area contributed by atoms with Crippen LogP contribution in [0.1, 0.15) is 0 Å². The molecule has 0 saturated carbocycles. The topological polar surface area (TPSA) is 89.7 Å². The second kappa shape index (κ2) is 5.45. The molecule has 0 bridgehead atoms. The second-order valence-corrected chi connectivity index (χ2v) is 1.10. The Balaban J connectivity index is 0. The molecule has 0 rings (SSSR count). The van der Waals surface area contributed by atoms with Crippen molar-refractivity contribution in [1.82, 2.24) is 0 Å². The fourth-order valence-corrected chi connectivity index (χ4v) is 0.156. The Morgan fingerprint density at radius 2 is 2.12 bits per heavy atom. The van der Waals surface area contributed by atoms with Gasteiger partial charge >= 0.3 is 46.0 Å². The number of rotatable bonds is 2. The van der Waals surface area contributed by atoms with Crippen LogP contribution in [0.5, 0.6) is 0 Å². The van der Waals surface area contributed by atoms with E-state index in [-0.39, 0.29) is 29.6 Å². The van der Waals surface area contributed by atoms with Crippen molar-refractivity contribution in [2.45, 2.75) is 0 Å². The van der Waals surface area contributed by atoms with Crippen LogP contribution in [-0.2, 0) is 15.6 Å². The first-order valence-electron chi connectivity index (χ1n) is 1.06. The summed E-state index contributed by atoms with van der Waals surface area (Å²) in [4.78, 5) is 9.04. The third-order valence-electron chi connectivity index (χ3n) is 0.125. The molecular weight excluding hydrogens is 149 g/mol.